The lowest BCUT2D eigenvalue weighted by Crippen LogP contribution is -1.82. The molecule has 78 valence electrons. The maximum Gasteiger partial charge on any atom is 0.150 e. The molecular formula is C11H10BrNS2. The van der Waals surface area contributed by atoms with Gasteiger partial charge in [-0.05, 0) is 24.1 Å². The van der Waals surface area contributed by atoms with E-state index in [9.17, 15) is 0 Å². The van der Waals surface area contributed by atoms with Gasteiger partial charge in [0, 0.05) is 21.8 Å². The Morgan fingerprint density at radius 3 is 3.00 bits per heavy atom. The van der Waals surface area contributed by atoms with Crippen LogP contribution in [0, 0.1) is 6.92 Å². The molecule has 0 radical (unpaired) electrons. The molecular weight excluding hydrogens is 290 g/mol. The van der Waals surface area contributed by atoms with E-state index < -0.39 is 0 Å². The Balaban J connectivity index is 2.02. The summed E-state index contributed by atoms with van der Waals surface area (Å²) in [7, 11) is 0. The smallest absolute Gasteiger partial charge is 0.150 e. The summed E-state index contributed by atoms with van der Waals surface area (Å²) in [5.41, 5.74) is 2.60. The van der Waals surface area contributed by atoms with Crippen molar-refractivity contribution in [2.24, 2.45) is 0 Å². The van der Waals surface area contributed by atoms with Crippen molar-refractivity contribution in [3.8, 4) is 0 Å². The molecule has 0 amide bonds. The van der Waals surface area contributed by atoms with Crippen molar-refractivity contribution in [3.63, 3.8) is 0 Å². The van der Waals surface area contributed by atoms with Gasteiger partial charge in [0.1, 0.15) is 4.34 Å². The van der Waals surface area contributed by atoms with E-state index in [2.05, 4.69) is 46.0 Å². The molecule has 0 unspecified atom stereocenters. The number of aromatic nitrogens is 1. The lowest BCUT2D eigenvalue weighted by molar-refractivity contribution is 1.24. The Hall–Kier alpha value is -0.320. The van der Waals surface area contributed by atoms with Crippen molar-refractivity contribution in [1.29, 1.82) is 0 Å². The van der Waals surface area contributed by atoms with Crippen LogP contribution in [0.1, 0.15) is 11.1 Å². The molecule has 1 heterocycles. The molecule has 0 atom stereocenters. The van der Waals surface area contributed by atoms with E-state index in [0.717, 1.165) is 10.1 Å². The highest BCUT2D eigenvalue weighted by molar-refractivity contribution is 9.10. The van der Waals surface area contributed by atoms with Crippen molar-refractivity contribution in [1.82, 2.24) is 4.98 Å². The number of nitrogens with zero attached hydrogens (tertiary/aromatic N) is 1. The summed E-state index contributed by atoms with van der Waals surface area (Å²) in [5.74, 6) is 0.979. The van der Waals surface area contributed by atoms with Crippen molar-refractivity contribution in [2.45, 2.75) is 17.0 Å². The number of thiazole rings is 1. The number of benzene rings is 1. The zero-order valence-corrected chi connectivity index (χ0v) is 11.5. The van der Waals surface area contributed by atoms with Gasteiger partial charge in [-0.25, -0.2) is 4.98 Å². The fourth-order valence-corrected chi connectivity index (χ4v) is 3.16. The van der Waals surface area contributed by atoms with Crippen LogP contribution in [0.5, 0.6) is 0 Å². The molecule has 2 rings (SSSR count). The Bertz CT molecular complexity index is 440. The fourth-order valence-electron chi connectivity index (χ4n) is 1.15. The van der Waals surface area contributed by atoms with Crippen LogP contribution in [0.4, 0.5) is 0 Å². The van der Waals surface area contributed by atoms with Gasteiger partial charge < -0.3 is 0 Å². The van der Waals surface area contributed by atoms with Gasteiger partial charge in [0.2, 0.25) is 0 Å². The quantitative estimate of drug-likeness (QED) is 0.774. The lowest BCUT2D eigenvalue weighted by atomic mass is 10.2. The van der Waals surface area contributed by atoms with Gasteiger partial charge >= 0.3 is 0 Å². The zero-order chi connectivity index (χ0) is 10.7. The van der Waals surface area contributed by atoms with Crippen molar-refractivity contribution >= 4 is 39.0 Å². The number of hydrogen-bond acceptors (Lipinski definition) is 3. The maximum absolute atomic E-state index is 4.24. The minimum atomic E-state index is 0.979. The topological polar surface area (TPSA) is 12.9 Å². The summed E-state index contributed by atoms with van der Waals surface area (Å²) < 4.78 is 2.31. The predicted octanol–water partition coefficient (Wildman–Crippen LogP) is 4.51. The Morgan fingerprint density at radius 2 is 2.33 bits per heavy atom. The Morgan fingerprint density at radius 1 is 1.47 bits per heavy atom. The molecule has 0 saturated heterocycles. The molecule has 4 heteroatoms. The Labute approximate surface area is 106 Å². The second-order valence-corrected chi connectivity index (χ2v) is 6.14. The van der Waals surface area contributed by atoms with E-state index in [4.69, 9.17) is 0 Å². The van der Waals surface area contributed by atoms with Crippen LogP contribution in [-0.4, -0.2) is 4.98 Å². The third kappa shape index (κ3) is 3.06. The van der Waals surface area contributed by atoms with Crippen molar-refractivity contribution in [2.75, 3.05) is 0 Å². The molecule has 0 saturated carbocycles. The lowest BCUT2D eigenvalue weighted by Gasteiger charge is -2.02. The third-order valence-corrected chi connectivity index (χ3v) is 4.90. The third-order valence-electron chi connectivity index (χ3n) is 2.01. The van der Waals surface area contributed by atoms with Crippen molar-refractivity contribution < 1.29 is 0 Å². The fraction of sp³-hybridized carbons (Fsp3) is 0.182. The highest BCUT2D eigenvalue weighted by atomic mass is 79.9. The number of thioether (sulfide) groups is 1. The van der Waals surface area contributed by atoms with E-state index in [1.165, 1.54) is 15.6 Å². The van der Waals surface area contributed by atoms with Crippen LogP contribution in [0.25, 0.3) is 0 Å². The molecule has 1 nitrogen and oxygen atoms in total. The Kier molecular flexibility index (Phi) is 3.83. The molecule has 2 aromatic rings. The predicted molar refractivity (Wildman–Crippen MR) is 70.6 cm³/mol. The van der Waals surface area contributed by atoms with Crippen LogP contribution in [0.15, 0.2) is 38.6 Å². The monoisotopic (exact) mass is 299 g/mol. The molecule has 15 heavy (non-hydrogen) atoms. The molecule has 0 fully saturated rings. The largest absolute Gasteiger partial charge is 0.238 e. The average molecular weight is 300 g/mol. The summed E-state index contributed by atoms with van der Waals surface area (Å²) in [4.78, 5) is 4.24. The standard InChI is InChI=1S/C11H10BrNS2/c1-8-2-3-9(6-10(8)12)7-15-11-13-4-5-14-11/h2-6H,7H2,1H3. The number of hydrogen-bond donors (Lipinski definition) is 0. The molecule has 0 aliphatic heterocycles. The van der Waals surface area contributed by atoms with E-state index in [-0.39, 0.29) is 0 Å². The number of halogens is 1. The molecule has 0 aliphatic carbocycles. The summed E-state index contributed by atoms with van der Waals surface area (Å²) in [5, 5.41) is 2.01. The first-order valence-corrected chi connectivity index (χ1v) is 7.19. The molecule has 0 aliphatic rings. The van der Waals surface area contributed by atoms with Gasteiger partial charge in [-0.15, -0.1) is 11.3 Å². The summed E-state index contributed by atoms with van der Waals surface area (Å²) in [6, 6.07) is 6.48. The van der Waals surface area contributed by atoms with Gasteiger partial charge in [0.25, 0.3) is 0 Å². The average Bonchev–Trinajstić information content (AvgIpc) is 2.73. The van der Waals surface area contributed by atoms with E-state index in [1.807, 2.05) is 11.6 Å². The minimum Gasteiger partial charge on any atom is -0.238 e. The zero-order valence-electron chi connectivity index (χ0n) is 8.24. The first kappa shape index (κ1) is 11.2. The second kappa shape index (κ2) is 5.14. The maximum atomic E-state index is 4.24. The molecule has 0 N–H and O–H groups in total. The summed E-state index contributed by atoms with van der Waals surface area (Å²) >= 11 is 7.01. The highest BCUT2D eigenvalue weighted by Gasteiger charge is 2.00. The summed E-state index contributed by atoms with van der Waals surface area (Å²) in [6.07, 6.45) is 1.85. The molecule has 1 aromatic carbocycles. The SMILES string of the molecule is Cc1ccc(CSc2nccs2)cc1Br. The van der Waals surface area contributed by atoms with Crippen LogP contribution in [-0.2, 0) is 5.75 Å². The minimum absolute atomic E-state index is 0.979. The van der Waals surface area contributed by atoms with Crippen molar-refractivity contribution in [3.05, 3.63) is 45.4 Å². The first-order valence-electron chi connectivity index (χ1n) is 4.53. The molecule has 0 bridgehead atoms. The molecule has 0 spiro atoms. The first-order chi connectivity index (χ1) is 7.25. The van der Waals surface area contributed by atoms with Gasteiger partial charge in [-0.3, -0.25) is 0 Å². The van der Waals surface area contributed by atoms with E-state index in [1.54, 1.807) is 23.1 Å². The van der Waals surface area contributed by atoms with Crippen LogP contribution < -0.4 is 0 Å². The van der Waals surface area contributed by atoms with Gasteiger partial charge in [0.05, 0.1) is 0 Å². The van der Waals surface area contributed by atoms with Gasteiger partial charge in [0.15, 0.2) is 0 Å². The number of aryl methyl sites for hydroxylation is 1. The van der Waals surface area contributed by atoms with E-state index in [0.29, 0.717) is 0 Å². The van der Waals surface area contributed by atoms with Gasteiger partial charge in [-0.2, -0.15) is 0 Å². The van der Waals surface area contributed by atoms with Crippen LogP contribution in [0.3, 0.4) is 0 Å². The van der Waals surface area contributed by atoms with Crippen LogP contribution >= 0.6 is 39.0 Å². The summed E-state index contributed by atoms with van der Waals surface area (Å²) in [6.45, 7) is 2.10. The van der Waals surface area contributed by atoms with Crippen LogP contribution in [0.2, 0.25) is 0 Å². The normalized spacial score (nSPS) is 10.5. The number of rotatable bonds is 3. The highest BCUT2D eigenvalue weighted by Crippen LogP contribution is 2.26. The molecule has 1 aromatic heterocycles. The second-order valence-electron chi connectivity index (χ2n) is 3.17. The van der Waals surface area contributed by atoms with E-state index >= 15 is 0 Å². The van der Waals surface area contributed by atoms with Gasteiger partial charge in [-0.1, -0.05) is 39.8 Å².